The molecule has 22 heavy (non-hydrogen) atoms. The van der Waals surface area contributed by atoms with Crippen LogP contribution in [-0.4, -0.2) is 0 Å². The molecule has 1 N–H and O–H groups in total. The molecule has 0 fully saturated rings. The molecule has 0 radical (unpaired) electrons. The van der Waals surface area contributed by atoms with Crippen molar-refractivity contribution in [2.75, 3.05) is 5.32 Å². The minimum atomic E-state index is 1.17. The minimum absolute atomic E-state index is 1.17. The SMILES string of the molecule is C[n+]1c(C=CC=C2Nc3ccccc3S2)sc2ccccc21. The number of benzene rings is 2. The number of thioether (sulfide) groups is 1. The molecule has 0 unspecified atom stereocenters. The zero-order valence-electron chi connectivity index (χ0n) is 12.1. The van der Waals surface area contributed by atoms with Crippen molar-refractivity contribution in [1.29, 1.82) is 0 Å². The maximum Gasteiger partial charge on any atom is 0.262 e. The molecular weight excluding hydrogens is 308 g/mol. The monoisotopic (exact) mass is 323 g/mol. The fourth-order valence-corrected chi connectivity index (χ4v) is 4.48. The minimum Gasteiger partial charge on any atom is -0.349 e. The van der Waals surface area contributed by atoms with E-state index in [-0.39, 0.29) is 0 Å². The third-order valence-electron chi connectivity index (χ3n) is 3.62. The van der Waals surface area contributed by atoms with Gasteiger partial charge in [0.1, 0.15) is 11.7 Å². The quantitative estimate of drug-likeness (QED) is 0.682. The van der Waals surface area contributed by atoms with Gasteiger partial charge in [-0.1, -0.05) is 53.4 Å². The first-order chi connectivity index (χ1) is 10.8. The van der Waals surface area contributed by atoms with E-state index in [1.807, 2.05) is 11.3 Å². The molecule has 0 spiro atoms. The van der Waals surface area contributed by atoms with Crippen LogP contribution >= 0.6 is 23.1 Å². The molecule has 1 aliphatic rings. The summed E-state index contributed by atoms with van der Waals surface area (Å²) in [7, 11) is 2.12. The largest absolute Gasteiger partial charge is 0.349 e. The smallest absolute Gasteiger partial charge is 0.262 e. The molecule has 4 rings (SSSR count). The summed E-state index contributed by atoms with van der Waals surface area (Å²) in [6, 6.07) is 16.9. The predicted octanol–water partition coefficient (Wildman–Crippen LogP) is 4.80. The summed E-state index contributed by atoms with van der Waals surface area (Å²) in [6.45, 7) is 0. The van der Waals surface area contributed by atoms with Crippen LogP contribution in [0.25, 0.3) is 16.3 Å². The summed E-state index contributed by atoms with van der Waals surface area (Å²) in [5.41, 5.74) is 2.47. The van der Waals surface area contributed by atoms with E-state index in [9.17, 15) is 0 Å². The van der Waals surface area contributed by atoms with Crippen molar-refractivity contribution >= 4 is 45.1 Å². The van der Waals surface area contributed by atoms with E-state index in [0.717, 1.165) is 0 Å². The summed E-state index contributed by atoms with van der Waals surface area (Å²) < 4.78 is 3.55. The van der Waals surface area contributed by atoms with E-state index in [1.54, 1.807) is 11.8 Å². The number of para-hydroxylation sites is 2. The second kappa shape index (κ2) is 5.63. The molecule has 2 aromatic carbocycles. The van der Waals surface area contributed by atoms with Gasteiger partial charge in [-0.15, -0.1) is 0 Å². The number of anilines is 1. The molecule has 0 atom stereocenters. The maximum atomic E-state index is 3.43. The van der Waals surface area contributed by atoms with Crippen molar-refractivity contribution in [2.45, 2.75) is 4.90 Å². The average molecular weight is 323 g/mol. The normalized spacial score (nSPS) is 15.6. The highest BCUT2D eigenvalue weighted by Crippen LogP contribution is 2.40. The van der Waals surface area contributed by atoms with Crippen LogP contribution in [0, 0.1) is 0 Å². The first kappa shape index (κ1) is 13.6. The maximum absolute atomic E-state index is 3.43. The highest BCUT2D eigenvalue weighted by molar-refractivity contribution is 8.03. The number of nitrogens with zero attached hydrogens (tertiary/aromatic N) is 1. The van der Waals surface area contributed by atoms with E-state index >= 15 is 0 Å². The van der Waals surface area contributed by atoms with Crippen LogP contribution in [0.1, 0.15) is 5.01 Å². The average Bonchev–Trinajstić information content (AvgIpc) is 3.09. The Morgan fingerprint density at radius 3 is 2.73 bits per heavy atom. The van der Waals surface area contributed by atoms with Gasteiger partial charge in [-0.3, -0.25) is 0 Å². The van der Waals surface area contributed by atoms with Crippen molar-refractivity contribution in [1.82, 2.24) is 0 Å². The molecule has 4 heteroatoms. The molecule has 2 heterocycles. The Morgan fingerprint density at radius 1 is 1.05 bits per heavy atom. The third kappa shape index (κ3) is 2.45. The van der Waals surface area contributed by atoms with Gasteiger partial charge in [0, 0.05) is 17.0 Å². The second-order valence-electron chi connectivity index (χ2n) is 5.08. The van der Waals surface area contributed by atoms with Crippen LogP contribution in [0.3, 0.4) is 0 Å². The van der Waals surface area contributed by atoms with Crippen LogP contribution in [0.15, 0.2) is 70.6 Å². The van der Waals surface area contributed by atoms with Crippen molar-refractivity contribution in [3.8, 4) is 0 Å². The second-order valence-corrected chi connectivity index (χ2v) is 7.23. The Kier molecular flexibility index (Phi) is 3.48. The standard InChI is InChI=1S/C18H14N2S2/c1-20-14-8-3-5-10-16(14)22-18(20)12-6-11-17-19-13-7-2-4-9-15(13)21-17/h2-12H,1H3/p+1. The number of allylic oxidation sites excluding steroid dienone is 2. The predicted molar refractivity (Wildman–Crippen MR) is 96.0 cm³/mol. The lowest BCUT2D eigenvalue weighted by molar-refractivity contribution is -0.642. The van der Waals surface area contributed by atoms with Gasteiger partial charge in [0.25, 0.3) is 5.01 Å². The molecule has 0 saturated carbocycles. The van der Waals surface area contributed by atoms with Crippen LogP contribution in [0.2, 0.25) is 0 Å². The fraction of sp³-hybridized carbons (Fsp3) is 0.0556. The molecule has 0 amide bonds. The Hall–Kier alpha value is -2.04. The highest BCUT2D eigenvalue weighted by atomic mass is 32.2. The zero-order valence-corrected chi connectivity index (χ0v) is 13.7. The van der Waals surface area contributed by atoms with Gasteiger partial charge in [0.15, 0.2) is 0 Å². The number of rotatable bonds is 2. The van der Waals surface area contributed by atoms with Crippen LogP contribution in [0.4, 0.5) is 5.69 Å². The highest BCUT2D eigenvalue weighted by Gasteiger charge is 2.15. The van der Waals surface area contributed by atoms with Gasteiger partial charge in [-0.25, -0.2) is 0 Å². The molecule has 1 aromatic heterocycles. The number of aromatic nitrogens is 1. The Bertz CT molecular complexity index is 879. The van der Waals surface area contributed by atoms with Crippen molar-refractivity contribution in [3.63, 3.8) is 0 Å². The van der Waals surface area contributed by atoms with E-state index in [1.165, 1.54) is 30.8 Å². The van der Waals surface area contributed by atoms with Crippen molar-refractivity contribution < 1.29 is 4.57 Å². The first-order valence-corrected chi connectivity index (χ1v) is 8.74. The summed E-state index contributed by atoms with van der Waals surface area (Å²) in [4.78, 5) is 1.29. The molecule has 2 nitrogen and oxygen atoms in total. The van der Waals surface area contributed by atoms with Gasteiger partial charge in [-0.2, -0.15) is 4.57 Å². The van der Waals surface area contributed by atoms with Gasteiger partial charge in [-0.05, 0) is 24.3 Å². The number of thiazole rings is 1. The lowest BCUT2D eigenvalue weighted by Gasteiger charge is -1.95. The third-order valence-corrected chi connectivity index (χ3v) is 5.84. The molecule has 0 bridgehead atoms. The molecule has 108 valence electrons. The van der Waals surface area contributed by atoms with Gasteiger partial charge in [0.2, 0.25) is 5.52 Å². The number of hydrogen-bond acceptors (Lipinski definition) is 3. The van der Waals surface area contributed by atoms with Gasteiger partial charge < -0.3 is 5.32 Å². The lowest BCUT2D eigenvalue weighted by atomic mass is 10.3. The summed E-state index contributed by atoms with van der Waals surface area (Å²) in [6.07, 6.45) is 6.42. The molecule has 1 aliphatic heterocycles. The topological polar surface area (TPSA) is 15.9 Å². The van der Waals surface area contributed by atoms with E-state index in [2.05, 4.69) is 83.7 Å². The molecular formula is C18H15N2S2+. The van der Waals surface area contributed by atoms with Gasteiger partial charge >= 0.3 is 0 Å². The van der Waals surface area contributed by atoms with Crippen LogP contribution < -0.4 is 9.88 Å². The van der Waals surface area contributed by atoms with E-state index in [4.69, 9.17) is 0 Å². The molecule has 0 saturated heterocycles. The molecule has 0 aliphatic carbocycles. The Labute approximate surface area is 137 Å². The number of fused-ring (bicyclic) bond motifs is 2. The van der Waals surface area contributed by atoms with Crippen LogP contribution in [0.5, 0.6) is 0 Å². The van der Waals surface area contributed by atoms with E-state index in [0.29, 0.717) is 0 Å². The lowest BCUT2D eigenvalue weighted by Crippen LogP contribution is -2.28. The summed E-state index contributed by atoms with van der Waals surface area (Å²) in [5, 5.41) is 5.85. The van der Waals surface area contributed by atoms with Crippen LogP contribution in [-0.2, 0) is 7.05 Å². The summed E-state index contributed by atoms with van der Waals surface area (Å²) >= 11 is 3.59. The van der Waals surface area contributed by atoms with Crippen molar-refractivity contribution in [2.24, 2.45) is 7.05 Å². The van der Waals surface area contributed by atoms with E-state index < -0.39 is 0 Å². The number of hydrogen-bond donors (Lipinski definition) is 1. The van der Waals surface area contributed by atoms with Crippen molar-refractivity contribution in [3.05, 3.63) is 70.7 Å². The summed E-state index contributed by atoms with van der Waals surface area (Å²) in [5.74, 6) is 0. The fourth-order valence-electron chi connectivity index (χ4n) is 2.50. The molecule has 3 aromatic rings. The zero-order chi connectivity index (χ0) is 14.9. The number of nitrogens with one attached hydrogen (secondary N) is 1. The first-order valence-electron chi connectivity index (χ1n) is 7.11. The Balaban J connectivity index is 1.57. The Morgan fingerprint density at radius 2 is 1.86 bits per heavy atom. The van der Waals surface area contributed by atoms with Gasteiger partial charge in [0.05, 0.1) is 10.7 Å². The number of aryl methyl sites for hydroxylation is 1.